The van der Waals surface area contributed by atoms with Crippen molar-refractivity contribution in [3.8, 4) is 11.5 Å². The Balaban J connectivity index is 1.56. The molecule has 0 atom stereocenters. The van der Waals surface area contributed by atoms with Gasteiger partial charge in [0.25, 0.3) is 11.8 Å². The van der Waals surface area contributed by atoms with Gasteiger partial charge in [-0.05, 0) is 36.2 Å². The zero-order chi connectivity index (χ0) is 19.1. The Morgan fingerprint density at radius 1 is 1.11 bits per heavy atom. The number of hydrogen-bond donors (Lipinski definition) is 2. The second kappa shape index (κ2) is 9.00. The van der Waals surface area contributed by atoms with E-state index in [0.29, 0.717) is 43.2 Å². The number of amides is 2. The lowest BCUT2D eigenvalue weighted by Gasteiger charge is -2.08. The van der Waals surface area contributed by atoms with Crippen molar-refractivity contribution in [2.75, 3.05) is 27.1 Å². The fraction of sp³-hybridized carbons (Fsp3) is 0.316. The Hall–Kier alpha value is -3.13. The van der Waals surface area contributed by atoms with Gasteiger partial charge < -0.3 is 24.8 Å². The van der Waals surface area contributed by atoms with Crippen LogP contribution in [-0.2, 0) is 11.3 Å². The first-order valence-electron chi connectivity index (χ1n) is 8.57. The highest BCUT2D eigenvalue weighted by atomic mass is 16.7. The van der Waals surface area contributed by atoms with Crippen LogP contribution in [0.25, 0.3) is 0 Å². The average Bonchev–Trinajstić information content (AvgIpc) is 3.17. The molecule has 0 bridgehead atoms. The van der Waals surface area contributed by atoms with Crippen molar-refractivity contribution in [1.82, 2.24) is 15.6 Å². The van der Waals surface area contributed by atoms with E-state index in [1.165, 1.54) is 12.3 Å². The maximum Gasteiger partial charge on any atom is 0.269 e. The van der Waals surface area contributed by atoms with E-state index in [0.717, 1.165) is 5.56 Å². The number of ether oxygens (including phenoxy) is 3. The summed E-state index contributed by atoms with van der Waals surface area (Å²) in [6, 6.07) is 8.53. The molecule has 0 unspecified atom stereocenters. The topological polar surface area (TPSA) is 98.8 Å². The number of rotatable bonds is 8. The van der Waals surface area contributed by atoms with Crippen molar-refractivity contribution in [3.05, 3.63) is 53.3 Å². The molecule has 3 rings (SSSR count). The number of carbonyl (C=O) groups is 2. The smallest absolute Gasteiger partial charge is 0.269 e. The maximum atomic E-state index is 12.4. The number of nitrogens with zero attached hydrogens (tertiary/aromatic N) is 1. The van der Waals surface area contributed by atoms with Crippen LogP contribution in [0.5, 0.6) is 11.5 Å². The molecule has 0 spiro atoms. The molecule has 2 amide bonds. The summed E-state index contributed by atoms with van der Waals surface area (Å²) in [6.45, 7) is 1.58. The van der Waals surface area contributed by atoms with Crippen LogP contribution in [0.15, 0.2) is 36.5 Å². The van der Waals surface area contributed by atoms with Crippen LogP contribution >= 0.6 is 0 Å². The summed E-state index contributed by atoms with van der Waals surface area (Å²) in [5, 5.41) is 5.56. The lowest BCUT2D eigenvalue weighted by molar-refractivity contribution is 0.0943. The van der Waals surface area contributed by atoms with Crippen molar-refractivity contribution >= 4 is 11.8 Å². The molecule has 0 saturated heterocycles. The number of pyridine rings is 1. The molecule has 1 aliphatic heterocycles. The molecule has 0 fully saturated rings. The van der Waals surface area contributed by atoms with Gasteiger partial charge in [0.1, 0.15) is 5.69 Å². The molecular weight excluding hydrogens is 350 g/mol. The van der Waals surface area contributed by atoms with Crippen LogP contribution in [0, 0.1) is 0 Å². The molecule has 1 aliphatic rings. The number of hydrogen-bond acceptors (Lipinski definition) is 6. The van der Waals surface area contributed by atoms with Gasteiger partial charge in [-0.15, -0.1) is 0 Å². The number of aromatic nitrogens is 1. The molecule has 8 nitrogen and oxygen atoms in total. The van der Waals surface area contributed by atoms with Crippen LogP contribution in [0.4, 0.5) is 0 Å². The normalized spacial score (nSPS) is 11.9. The molecule has 2 heterocycles. The SMILES string of the molecule is COCCCNC(=O)c1cc(C(=O)NCc2ccc3c(c2)OCO3)ccn1. The van der Waals surface area contributed by atoms with Gasteiger partial charge >= 0.3 is 0 Å². The lowest BCUT2D eigenvalue weighted by atomic mass is 10.1. The monoisotopic (exact) mass is 371 g/mol. The van der Waals surface area contributed by atoms with Crippen LogP contribution in [0.2, 0.25) is 0 Å². The van der Waals surface area contributed by atoms with Gasteiger partial charge in [-0.3, -0.25) is 14.6 Å². The van der Waals surface area contributed by atoms with Gasteiger partial charge in [-0.1, -0.05) is 6.07 Å². The summed E-state index contributed by atoms with van der Waals surface area (Å²) in [7, 11) is 1.61. The number of fused-ring (bicyclic) bond motifs is 1. The van der Waals surface area contributed by atoms with E-state index in [1.54, 1.807) is 13.2 Å². The Bertz CT molecular complexity index is 825. The summed E-state index contributed by atoms with van der Waals surface area (Å²) in [6.07, 6.45) is 2.15. The molecule has 0 saturated carbocycles. The van der Waals surface area contributed by atoms with Gasteiger partial charge in [0.2, 0.25) is 6.79 Å². The highest BCUT2D eigenvalue weighted by Gasteiger charge is 2.14. The molecule has 1 aromatic carbocycles. The fourth-order valence-electron chi connectivity index (χ4n) is 2.54. The standard InChI is InChI=1S/C19H21N3O5/c1-25-8-2-6-21-19(24)15-10-14(5-7-20-15)18(23)22-11-13-3-4-16-17(9-13)27-12-26-16/h3-5,7,9-10H,2,6,8,11-12H2,1H3,(H,21,24)(H,22,23). The highest BCUT2D eigenvalue weighted by molar-refractivity contribution is 5.98. The second-order valence-electron chi connectivity index (χ2n) is 5.90. The summed E-state index contributed by atoms with van der Waals surface area (Å²) in [5.41, 5.74) is 1.45. The Labute approximate surface area is 156 Å². The summed E-state index contributed by atoms with van der Waals surface area (Å²) >= 11 is 0. The van der Waals surface area contributed by atoms with E-state index in [4.69, 9.17) is 14.2 Å². The fourth-order valence-corrected chi connectivity index (χ4v) is 2.54. The first kappa shape index (κ1) is 18.7. The van der Waals surface area contributed by atoms with Crippen LogP contribution < -0.4 is 20.1 Å². The van der Waals surface area contributed by atoms with Crippen molar-refractivity contribution in [3.63, 3.8) is 0 Å². The van der Waals surface area contributed by atoms with Crippen LogP contribution in [0.1, 0.15) is 32.8 Å². The number of nitrogens with one attached hydrogen (secondary N) is 2. The van der Waals surface area contributed by atoms with Gasteiger partial charge in [0, 0.05) is 38.6 Å². The van der Waals surface area contributed by atoms with E-state index >= 15 is 0 Å². The third-order valence-corrected chi connectivity index (χ3v) is 3.96. The van der Waals surface area contributed by atoms with Gasteiger partial charge in [-0.2, -0.15) is 0 Å². The van der Waals surface area contributed by atoms with Crippen LogP contribution in [0.3, 0.4) is 0 Å². The van der Waals surface area contributed by atoms with Crippen molar-refractivity contribution in [1.29, 1.82) is 0 Å². The zero-order valence-corrected chi connectivity index (χ0v) is 15.0. The van der Waals surface area contributed by atoms with Gasteiger partial charge in [0.15, 0.2) is 11.5 Å². The molecule has 142 valence electrons. The molecule has 27 heavy (non-hydrogen) atoms. The number of benzene rings is 1. The summed E-state index contributed by atoms with van der Waals surface area (Å²) in [5.74, 6) is 0.749. The molecule has 2 N–H and O–H groups in total. The minimum absolute atomic E-state index is 0.197. The predicted molar refractivity (Wildman–Crippen MR) is 96.8 cm³/mol. The average molecular weight is 371 g/mol. The maximum absolute atomic E-state index is 12.4. The zero-order valence-electron chi connectivity index (χ0n) is 15.0. The third kappa shape index (κ3) is 4.95. The summed E-state index contributed by atoms with van der Waals surface area (Å²) < 4.78 is 15.5. The molecular formula is C19H21N3O5. The largest absolute Gasteiger partial charge is 0.454 e. The van der Waals surface area contributed by atoms with E-state index in [9.17, 15) is 9.59 Å². The van der Waals surface area contributed by atoms with Crippen molar-refractivity contribution in [2.45, 2.75) is 13.0 Å². The third-order valence-electron chi connectivity index (χ3n) is 3.96. The first-order valence-corrected chi connectivity index (χ1v) is 8.57. The Morgan fingerprint density at radius 3 is 2.81 bits per heavy atom. The van der Waals surface area contributed by atoms with E-state index in [2.05, 4.69) is 15.6 Å². The first-order chi connectivity index (χ1) is 13.2. The molecule has 1 aromatic heterocycles. The molecule has 0 radical (unpaired) electrons. The van der Waals surface area contributed by atoms with Gasteiger partial charge in [-0.25, -0.2) is 0 Å². The van der Waals surface area contributed by atoms with E-state index in [-0.39, 0.29) is 24.3 Å². The van der Waals surface area contributed by atoms with Crippen molar-refractivity contribution < 1.29 is 23.8 Å². The molecule has 0 aliphatic carbocycles. The second-order valence-corrected chi connectivity index (χ2v) is 5.90. The minimum Gasteiger partial charge on any atom is -0.454 e. The lowest BCUT2D eigenvalue weighted by Crippen LogP contribution is -2.27. The predicted octanol–water partition coefficient (Wildman–Crippen LogP) is 1.51. The Morgan fingerprint density at radius 2 is 1.96 bits per heavy atom. The molecule has 8 heteroatoms. The minimum atomic E-state index is -0.323. The number of carbonyl (C=O) groups excluding carboxylic acids is 2. The highest BCUT2D eigenvalue weighted by Crippen LogP contribution is 2.32. The van der Waals surface area contributed by atoms with E-state index < -0.39 is 0 Å². The summed E-state index contributed by atoms with van der Waals surface area (Å²) in [4.78, 5) is 28.5. The van der Waals surface area contributed by atoms with Crippen LogP contribution in [-0.4, -0.2) is 43.9 Å². The quantitative estimate of drug-likeness (QED) is 0.683. The Kier molecular flexibility index (Phi) is 6.22. The number of methoxy groups -OCH3 is 1. The van der Waals surface area contributed by atoms with Crippen molar-refractivity contribution in [2.24, 2.45) is 0 Å². The van der Waals surface area contributed by atoms with E-state index in [1.807, 2.05) is 18.2 Å². The molecule has 2 aromatic rings. The van der Waals surface area contributed by atoms with Gasteiger partial charge in [0.05, 0.1) is 0 Å².